The molecule has 2 aromatic rings. The number of rotatable bonds is 6. The van der Waals surface area contributed by atoms with E-state index in [4.69, 9.17) is 26.4 Å². The predicted octanol–water partition coefficient (Wildman–Crippen LogP) is -2.32. The van der Waals surface area contributed by atoms with E-state index in [1.165, 1.54) is 10.9 Å². The number of nitrogens with zero attached hydrogens (tertiary/aromatic N) is 4. The molecule has 0 bridgehead atoms. The molecule has 0 saturated carbocycles. The third-order valence-electron chi connectivity index (χ3n) is 2.73. The first-order valence-corrected chi connectivity index (χ1v) is 5.82. The molecule has 0 spiro atoms. The van der Waals surface area contributed by atoms with Gasteiger partial charge in [-0.15, -0.1) is 0 Å². The highest BCUT2D eigenvalue weighted by atomic mass is 16.5. The van der Waals surface area contributed by atoms with Crippen molar-refractivity contribution in [3.05, 3.63) is 6.33 Å². The minimum absolute atomic E-state index is 0.00542. The molecule has 0 aliphatic rings. The second-order valence-electron chi connectivity index (χ2n) is 4.12. The van der Waals surface area contributed by atoms with Gasteiger partial charge in [0, 0.05) is 0 Å². The van der Waals surface area contributed by atoms with Crippen LogP contribution in [0.2, 0.25) is 0 Å². The molecule has 10 nitrogen and oxygen atoms in total. The normalized spacial score (nSPS) is 14.6. The molecule has 0 saturated heterocycles. The number of ether oxygens (including phenoxy) is 1. The van der Waals surface area contributed by atoms with E-state index in [1.54, 1.807) is 0 Å². The quantitative estimate of drug-likeness (QED) is 0.391. The van der Waals surface area contributed by atoms with Gasteiger partial charge >= 0.3 is 0 Å². The topological polar surface area (TPSA) is 166 Å². The number of aromatic nitrogens is 4. The first-order valence-electron chi connectivity index (χ1n) is 5.82. The number of hydrogen-bond donors (Lipinski definition) is 5. The molecule has 0 amide bonds. The number of nitrogen functional groups attached to an aromatic ring is 2. The zero-order chi connectivity index (χ0) is 14.7. The van der Waals surface area contributed by atoms with Gasteiger partial charge in [0.1, 0.15) is 24.5 Å². The molecule has 0 aliphatic heterocycles. The van der Waals surface area contributed by atoms with E-state index in [0.29, 0.717) is 11.2 Å². The van der Waals surface area contributed by atoms with Gasteiger partial charge in [-0.3, -0.25) is 4.57 Å². The van der Waals surface area contributed by atoms with E-state index in [0.717, 1.165) is 0 Å². The fraction of sp³-hybridized carbons (Fsp3) is 0.500. The lowest BCUT2D eigenvalue weighted by Gasteiger charge is -2.19. The average molecular weight is 284 g/mol. The summed E-state index contributed by atoms with van der Waals surface area (Å²) in [6.07, 6.45) is -0.678. The number of hydrogen-bond acceptors (Lipinski definition) is 9. The van der Waals surface area contributed by atoms with Crippen molar-refractivity contribution in [1.82, 2.24) is 19.5 Å². The minimum Gasteiger partial charge on any atom is -0.394 e. The summed E-state index contributed by atoms with van der Waals surface area (Å²) in [5.74, 6) is 0.159. The summed E-state index contributed by atoms with van der Waals surface area (Å²) in [5.41, 5.74) is 11.9. The van der Waals surface area contributed by atoms with Crippen LogP contribution < -0.4 is 11.5 Å². The molecular formula is C10H16N6O4. The number of aliphatic hydroxyl groups is 3. The zero-order valence-electron chi connectivity index (χ0n) is 10.5. The van der Waals surface area contributed by atoms with Crippen LogP contribution >= 0.6 is 0 Å². The Bertz CT molecular complexity index is 588. The van der Waals surface area contributed by atoms with Gasteiger partial charge in [0.25, 0.3) is 0 Å². The first kappa shape index (κ1) is 14.4. The van der Waals surface area contributed by atoms with Crippen molar-refractivity contribution in [3.8, 4) is 0 Å². The molecule has 7 N–H and O–H groups in total. The maximum Gasteiger partial charge on any atom is 0.224 e. The molecule has 2 unspecified atom stereocenters. The Labute approximate surface area is 113 Å². The second-order valence-corrected chi connectivity index (χ2v) is 4.12. The van der Waals surface area contributed by atoms with E-state index < -0.39 is 25.4 Å². The van der Waals surface area contributed by atoms with Gasteiger partial charge in [0.05, 0.1) is 19.5 Å². The van der Waals surface area contributed by atoms with Crippen LogP contribution in [-0.2, 0) is 11.5 Å². The smallest absolute Gasteiger partial charge is 0.224 e. The van der Waals surface area contributed by atoms with Gasteiger partial charge in [-0.2, -0.15) is 9.97 Å². The van der Waals surface area contributed by atoms with E-state index in [1.807, 2.05) is 0 Å². The summed E-state index contributed by atoms with van der Waals surface area (Å²) in [5, 5.41) is 27.3. The molecule has 2 atom stereocenters. The van der Waals surface area contributed by atoms with Crippen molar-refractivity contribution in [2.75, 3.05) is 24.7 Å². The van der Waals surface area contributed by atoms with Crippen molar-refractivity contribution in [1.29, 1.82) is 0 Å². The maximum absolute atomic E-state index is 9.42. The van der Waals surface area contributed by atoms with Crippen LogP contribution in [-0.4, -0.2) is 60.3 Å². The summed E-state index contributed by atoms with van der Waals surface area (Å²) in [4.78, 5) is 11.8. The monoisotopic (exact) mass is 284 g/mol. The van der Waals surface area contributed by atoms with E-state index in [2.05, 4.69) is 15.0 Å². The lowest BCUT2D eigenvalue weighted by Crippen LogP contribution is -2.35. The summed E-state index contributed by atoms with van der Waals surface area (Å²) < 4.78 is 6.79. The summed E-state index contributed by atoms with van der Waals surface area (Å²) >= 11 is 0. The van der Waals surface area contributed by atoms with Crippen LogP contribution in [0.25, 0.3) is 11.2 Å². The van der Waals surface area contributed by atoms with Gasteiger partial charge in [-0.1, -0.05) is 0 Å². The molecule has 110 valence electrons. The molecule has 0 radical (unpaired) electrons. The van der Waals surface area contributed by atoms with E-state index >= 15 is 0 Å². The van der Waals surface area contributed by atoms with Crippen molar-refractivity contribution in [2.45, 2.75) is 18.9 Å². The Balaban J connectivity index is 2.18. The van der Waals surface area contributed by atoms with Crippen LogP contribution in [0.4, 0.5) is 11.8 Å². The van der Waals surface area contributed by atoms with Crippen LogP contribution in [0.1, 0.15) is 0 Å². The Hall–Kier alpha value is -2.01. The summed E-state index contributed by atoms with van der Waals surface area (Å²) in [7, 11) is 0. The minimum atomic E-state index is -1.18. The predicted molar refractivity (Wildman–Crippen MR) is 69.2 cm³/mol. The molecule has 0 fully saturated rings. The molecule has 2 aromatic heterocycles. The fourth-order valence-corrected chi connectivity index (χ4v) is 1.66. The van der Waals surface area contributed by atoms with Crippen molar-refractivity contribution in [3.63, 3.8) is 0 Å². The molecule has 2 rings (SSSR count). The lowest BCUT2D eigenvalue weighted by atomic mass is 10.2. The lowest BCUT2D eigenvalue weighted by molar-refractivity contribution is -0.0997. The van der Waals surface area contributed by atoms with Gasteiger partial charge < -0.3 is 31.5 Å². The van der Waals surface area contributed by atoms with Gasteiger partial charge in [-0.05, 0) is 0 Å². The Kier molecular flexibility index (Phi) is 4.29. The Morgan fingerprint density at radius 3 is 2.65 bits per heavy atom. The molecular weight excluding hydrogens is 268 g/mol. The van der Waals surface area contributed by atoms with Gasteiger partial charge in [0.2, 0.25) is 5.95 Å². The zero-order valence-corrected chi connectivity index (χ0v) is 10.5. The van der Waals surface area contributed by atoms with Crippen LogP contribution in [0, 0.1) is 0 Å². The number of aliphatic hydroxyl groups excluding tert-OH is 3. The third-order valence-corrected chi connectivity index (χ3v) is 2.73. The van der Waals surface area contributed by atoms with Gasteiger partial charge in [0.15, 0.2) is 11.5 Å². The number of imidazole rings is 1. The van der Waals surface area contributed by atoms with Crippen LogP contribution in [0.5, 0.6) is 0 Å². The highest BCUT2D eigenvalue weighted by molar-refractivity contribution is 5.82. The Morgan fingerprint density at radius 1 is 1.25 bits per heavy atom. The van der Waals surface area contributed by atoms with Crippen molar-refractivity contribution in [2.24, 2.45) is 0 Å². The third kappa shape index (κ3) is 2.77. The average Bonchev–Trinajstić information content (AvgIpc) is 2.82. The second kappa shape index (κ2) is 5.96. The first-order chi connectivity index (χ1) is 9.56. The van der Waals surface area contributed by atoms with Crippen molar-refractivity contribution >= 4 is 22.9 Å². The number of anilines is 2. The SMILES string of the molecule is Nc1nc(N)c2ncn(COC(CO)C(O)CO)c2n1. The van der Waals surface area contributed by atoms with Crippen LogP contribution in [0.15, 0.2) is 6.33 Å². The van der Waals surface area contributed by atoms with E-state index in [9.17, 15) is 5.11 Å². The van der Waals surface area contributed by atoms with Crippen molar-refractivity contribution < 1.29 is 20.1 Å². The molecule has 10 heteroatoms. The Morgan fingerprint density at radius 2 is 2.00 bits per heavy atom. The highest BCUT2D eigenvalue weighted by Gasteiger charge is 2.19. The van der Waals surface area contributed by atoms with E-state index in [-0.39, 0.29) is 18.5 Å². The number of fused-ring (bicyclic) bond motifs is 1. The molecule has 0 aromatic carbocycles. The largest absolute Gasteiger partial charge is 0.394 e. The molecule has 0 aliphatic carbocycles. The summed E-state index contributed by atoms with van der Waals surface area (Å²) in [6.45, 7) is -1.000. The maximum atomic E-state index is 9.42. The number of nitrogens with two attached hydrogens (primary N) is 2. The molecule has 2 heterocycles. The molecule has 20 heavy (non-hydrogen) atoms. The highest BCUT2D eigenvalue weighted by Crippen LogP contribution is 2.17. The standard InChI is InChI=1S/C10H16N6O4/c11-8-7-9(15-10(12)14-8)16(3-13-7)4-20-6(2-18)5(19)1-17/h3,5-6,17-19H,1-2,4H2,(H4,11,12,14,15). The van der Waals surface area contributed by atoms with Crippen LogP contribution in [0.3, 0.4) is 0 Å². The summed E-state index contributed by atoms with van der Waals surface area (Å²) in [6, 6.07) is 0. The fourth-order valence-electron chi connectivity index (χ4n) is 1.66. The van der Waals surface area contributed by atoms with Gasteiger partial charge in [-0.25, -0.2) is 4.98 Å².